The van der Waals surface area contributed by atoms with E-state index in [1.807, 2.05) is 48.5 Å². The van der Waals surface area contributed by atoms with E-state index in [2.05, 4.69) is 0 Å². The van der Waals surface area contributed by atoms with Gasteiger partial charge in [-0.2, -0.15) is 4.89 Å². The molecule has 0 aliphatic rings. The van der Waals surface area contributed by atoms with Gasteiger partial charge in [0.05, 0.1) is 19.8 Å². The minimum absolute atomic E-state index is 0.637. The topological polar surface area (TPSA) is 27.7 Å². The van der Waals surface area contributed by atoms with Gasteiger partial charge in [0.25, 0.3) is 0 Å². The summed E-state index contributed by atoms with van der Waals surface area (Å²) in [4.78, 5) is 9.89. The molecule has 0 saturated carbocycles. The molecule has 0 atom stereocenters. The lowest BCUT2D eigenvalue weighted by Gasteiger charge is -2.12. The predicted molar refractivity (Wildman–Crippen MR) is 66.1 cm³/mol. The number of ether oxygens (including phenoxy) is 1. The van der Waals surface area contributed by atoms with E-state index in [1.165, 1.54) is 7.11 Å². The Morgan fingerprint density at radius 1 is 0.765 bits per heavy atom. The molecule has 3 heteroatoms. The Hall–Kier alpha value is -2.00. The molecule has 0 N–H and O–H groups in total. The number of rotatable bonds is 4. The minimum Gasteiger partial charge on any atom is -0.496 e. The van der Waals surface area contributed by atoms with Crippen LogP contribution in [0.1, 0.15) is 0 Å². The average Bonchev–Trinajstić information content (AvgIpc) is 2.40. The van der Waals surface area contributed by atoms with Crippen LogP contribution in [-0.2, 0) is 4.89 Å². The molecule has 0 aromatic heterocycles. The summed E-state index contributed by atoms with van der Waals surface area (Å²) in [6.45, 7) is 0. The van der Waals surface area contributed by atoms with Crippen LogP contribution in [0.5, 0.6) is 11.5 Å². The number of hydrogen-bond donors (Lipinski definition) is 0. The molecule has 88 valence electrons. The van der Waals surface area contributed by atoms with Crippen molar-refractivity contribution in [2.24, 2.45) is 0 Å². The summed E-state index contributed by atoms with van der Waals surface area (Å²) in [7, 11) is 3.12. The second-order valence-corrected chi connectivity index (χ2v) is 3.45. The molecule has 0 aliphatic heterocycles. The Kier molecular flexibility index (Phi) is 3.62. The van der Waals surface area contributed by atoms with Crippen molar-refractivity contribution in [3.63, 3.8) is 0 Å². The van der Waals surface area contributed by atoms with Gasteiger partial charge in [0.15, 0.2) is 5.75 Å². The van der Waals surface area contributed by atoms with E-state index in [0.717, 1.165) is 16.9 Å². The second-order valence-electron chi connectivity index (χ2n) is 3.45. The van der Waals surface area contributed by atoms with Crippen molar-refractivity contribution in [1.82, 2.24) is 0 Å². The Bertz CT molecular complexity index is 480. The van der Waals surface area contributed by atoms with Crippen LogP contribution in [0, 0.1) is 0 Å². The molecule has 0 aliphatic carbocycles. The molecule has 0 amide bonds. The molecular formula is C14H14O3. The number of hydrogen-bond acceptors (Lipinski definition) is 3. The number of methoxy groups -OCH3 is 1. The smallest absolute Gasteiger partial charge is 0.176 e. The van der Waals surface area contributed by atoms with Crippen molar-refractivity contribution < 1.29 is 14.5 Å². The van der Waals surface area contributed by atoms with Gasteiger partial charge in [-0.25, -0.2) is 0 Å². The van der Waals surface area contributed by atoms with E-state index >= 15 is 0 Å². The van der Waals surface area contributed by atoms with E-state index in [4.69, 9.17) is 14.5 Å². The van der Waals surface area contributed by atoms with Crippen molar-refractivity contribution in [1.29, 1.82) is 0 Å². The summed E-state index contributed by atoms with van der Waals surface area (Å²) >= 11 is 0. The van der Waals surface area contributed by atoms with E-state index in [1.54, 1.807) is 7.11 Å². The maximum Gasteiger partial charge on any atom is 0.176 e. The largest absolute Gasteiger partial charge is 0.496 e. The van der Waals surface area contributed by atoms with E-state index in [-0.39, 0.29) is 0 Å². The zero-order valence-corrected chi connectivity index (χ0v) is 9.84. The molecule has 0 spiro atoms. The van der Waals surface area contributed by atoms with Crippen LogP contribution in [0.2, 0.25) is 0 Å². The lowest BCUT2D eigenvalue weighted by atomic mass is 10.0. The molecule has 17 heavy (non-hydrogen) atoms. The zero-order chi connectivity index (χ0) is 12.1. The van der Waals surface area contributed by atoms with E-state index < -0.39 is 0 Å². The highest BCUT2D eigenvalue weighted by Crippen LogP contribution is 2.38. The highest BCUT2D eigenvalue weighted by atomic mass is 17.2. The lowest BCUT2D eigenvalue weighted by molar-refractivity contribution is -0.177. The highest BCUT2D eigenvalue weighted by molar-refractivity contribution is 5.76. The van der Waals surface area contributed by atoms with E-state index in [0.29, 0.717) is 5.75 Å². The van der Waals surface area contributed by atoms with Crippen LogP contribution < -0.4 is 9.62 Å². The maximum absolute atomic E-state index is 5.35. The van der Waals surface area contributed by atoms with Gasteiger partial charge in [-0.3, -0.25) is 0 Å². The average molecular weight is 230 g/mol. The van der Waals surface area contributed by atoms with Gasteiger partial charge >= 0.3 is 0 Å². The Balaban J connectivity index is 2.56. The summed E-state index contributed by atoms with van der Waals surface area (Å²) < 4.78 is 5.35. The summed E-state index contributed by atoms with van der Waals surface area (Å²) in [6, 6.07) is 15.5. The number of benzene rings is 2. The first-order chi connectivity index (χ1) is 8.36. The van der Waals surface area contributed by atoms with Crippen LogP contribution in [0.15, 0.2) is 48.5 Å². The van der Waals surface area contributed by atoms with Gasteiger partial charge in [-0.15, -0.1) is 0 Å². The van der Waals surface area contributed by atoms with Crippen LogP contribution in [-0.4, -0.2) is 14.2 Å². The maximum atomic E-state index is 5.35. The van der Waals surface area contributed by atoms with Gasteiger partial charge < -0.3 is 9.62 Å². The van der Waals surface area contributed by atoms with Gasteiger partial charge in [0.1, 0.15) is 5.75 Å². The summed E-state index contributed by atoms with van der Waals surface area (Å²) in [6.07, 6.45) is 0. The summed E-state index contributed by atoms with van der Waals surface area (Å²) in [5.41, 5.74) is 1.91. The fraction of sp³-hybridized carbons (Fsp3) is 0.143. The standard InChI is InChI=1S/C14H14O3/c1-15-12-9-6-10-13(17-16-2)14(12)11-7-4-3-5-8-11/h3-10H,1-2H3. The second kappa shape index (κ2) is 5.37. The fourth-order valence-corrected chi connectivity index (χ4v) is 1.73. The molecule has 0 saturated heterocycles. The van der Waals surface area contributed by atoms with E-state index in [9.17, 15) is 0 Å². The molecule has 0 fully saturated rings. The lowest BCUT2D eigenvalue weighted by Crippen LogP contribution is -1.95. The third-order valence-electron chi connectivity index (χ3n) is 2.44. The van der Waals surface area contributed by atoms with Crippen molar-refractivity contribution >= 4 is 0 Å². The van der Waals surface area contributed by atoms with Gasteiger partial charge in [0.2, 0.25) is 0 Å². The highest BCUT2D eigenvalue weighted by Gasteiger charge is 2.12. The van der Waals surface area contributed by atoms with Crippen LogP contribution in [0.3, 0.4) is 0 Å². The zero-order valence-electron chi connectivity index (χ0n) is 9.84. The molecular weight excluding hydrogens is 216 g/mol. The Morgan fingerprint density at radius 2 is 1.47 bits per heavy atom. The molecule has 2 aromatic rings. The molecule has 2 rings (SSSR count). The van der Waals surface area contributed by atoms with Crippen molar-refractivity contribution in [2.75, 3.05) is 14.2 Å². The molecule has 0 bridgehead atoms. The normalized spacial score (nSPS) is 10.0. The van der Waals surface area contributed by atoms with Crippen molar-refractivity contribution in [3.05, 3.63) is 48.5 Å². The van der Waals surface area contributed by atoms with Crippen LogP contribution in [0.25, 0.3) is 11.1 Å². The van der Waals surface area contributed by atoms with Crippen molar-refractivity contribution in [3.8, 4) is 22.6 Å². The van der Waals surface area contributed by atoms with Gasteiger partial charge in [-0.1, -0.05) is 36.4 Å². The minimum atomic E-state index is 0.637. The fourth-order valence-electron chi connectivity index (χ4n) is 1.73. The molecule has 0 heterocycles. The monoisotopic (exact) mass is 230 g/mol. The summed E-state index contributed by atoms with van der Waals surface area (Å²) in [5.74, 6) is 1.39. The third kappa shape index (κ3) is 2.40. The van der Waals surface area contributed by atoms with Gasteiger partial charge in [0, 0.05) is 0 Å². The Morgan fingerprint density at radius 3 is 2.12 bits per heavy atom. The predicted octanol–water partition coefficient (Wildman–Crippen LogP) is 3.30. The molecule has 2 aromatic carbocycles. The van der Waals surface area contributed by atoms with Crippen LogP contribution >= 0.6 is 0 Å². The first kappa shape index (κ1) is 11.5. The molecule has 3 nitrogen and oxygen atoms in total. The molecule has 0 unspecified atom stereocenters. The molecule has 0 radical (unpaired) electrons. The quantitative estimate of drug-likeness (QED) is 0.595. The van der Waals surface area contributed by atoms with Gasteiger partial charge in [-0.05, 0) is 17.7 Å². The SMILES string of the molecule is COOc1cccc(OC)c1-c1ccccc1. The van der Waals surface area contributed by atoms with Crippen molar-refractivity contribution in [2.45, 2.75) is 0 Å². The summed E-state index contributed by atoms with van der Waals surface area (Å²) in [5, 5.41) is 0. The van der Waals surface area contributed by atoms with Crippen LogP contribution in [0.4, 0.5) is 0 Å². The Labute approximate surface area is 100 Å². The first-order valence-corrected chi connectivity index (χ1v) is 5.30. The first-order valence-electron chi connectivity index (χ1n) is 5.30. The third-order valence-corrected chi connectivity index (χ3v) is 2.44.